The molecule has 1 saturated heterocycles. The van der Waals surface area contributed by atoms with Gasteiger partial charge in [0, 0.05) is 18.6 Å². The number of ether oxygens (including phenoxy) is 1. The molecule has 1 aromatic rings. The van der Waals surface area contributed by atoms with Gasteiger partial charge in [0.2, 0.25) is 5.13 Å². The molecular weight excluding hydrogens is 190 g/mol. The number of likely N-dealkylation sites (N-methyl/N-ethyl adjacent to an activating group) is 1. The summed E-state index contributed by atoms with van der Waals surface area (Å²) in [4.78, 5) is 5.97. The Kier molecular flexibility index (Phi) is 2.43. The highest BCUT2D eigenvalue weighted by molar-refractivity contribution is 7.09. The maximum atomic E-state index is 9.55. The molecule has 0 unspecified atom stereocenters. The third-order valence-corrected chi connectivity index (χ3v) is 2.93. The molecule has 1 aliphatic heterocycles. The predicted octanol–water partition coefficient (Wildman–Crippen LogP) is -0.266. The van der Waals surface area contributed by atoms with Crippen LogP contribution in [0.25, 0.3) is 0 Å². The largest absolute Gasteiger partial charge is 0.388 e. The van der Waals surface area contributed by atoms with Crippen LogP contribution in [0.1, 0.15) is 0 Å². The number of aliphatic hydroxyl groups excluding tert-OH is 1. The van der Waals surface area contributed by atoms with E-state index in [0.717, 1.165) is 5.13 Å². The van der Waals surface area contributed by atoms with Crippen LogP contribution in [0.15, 0.2) is 6.33 Å². The van der Waals surface area contributed by atoms with E-state index in [4.69, 9.17) is 4.74 Å². The number of nitrogens with zero attached hydrogens (tertiary/aromatic N) is 3. The van der Waals surface area contributed by atoms with Gasteiger partial charge in [0.1, 0.15) is 6.33 Å². The normalized spacial score (nSPS) is 27.8. The smallest absolute Gasteiger partial charge is 0.205 e. The van der Waals surface area contributed by atoms with E-state index in [1.165, 1.54) is 17.9 Å². The second kappa shape index (κ2) is 3.57. The summed E-state index contributed by atoms with van der Waals surface area (Å²) in [5, 5.41) is 10.4. The zero-order valence-corrected chi connectivity index (χ0v) is 8.07. The van der Waals surface area contributed by atoms with Crippen LogP contribution in [0.4, 0.5) is 5.13 Å². The average molecular weight is 201 g/mol. The highest BCUT2D eigenvalue weighted by atomic mass is 32.1. The van der Waals surface area contributed by atoms with E-state index < -0.39 is 6.10 Å². The topological polar surface area (TPSA) is 58.5 Å². The molecule has 1 fully saturated rings. The molecule has 0 amide bonds. The fourth-order valence-electron chi connectivity index (χ4n) is 1.37. The number of rotatable bonds is 2. The van der Waals surface area contributed by atoms with Crippen molar-refractivity contribution in [3.05, 3.63) is 6.33 Å². The Bertz CT molecular complexity index is 267. The molecule has 0 aromatic carbocycles. The lowest BCUT2D eigenvalue weighted by Crippen LogP contribution is -2.40. The van der Waals surface area contributed by atoms with Crippen molar-refractivity contribution in [3.63, 3.8) is 0 Å². The Morgan fingerprint density at radius 1 is 1.69 bits per heavy atom. The number of hydrogen-bond donors (Lipinski definition) is 1. The molecule has 0 spiro atoms. The fraction of sp³-hybridized carbons (Fsp3) is 0.714. The van der Waals surface area contributed by atoms with Gasteiger partial charge >= 0.3 is 0 Å². The molecule has 72 valence electrons. The third-order valence-electron chi connectivity index (χ3n) is 2.17. The number of anilines is 1. The standard InChI is InChI=1S/C7H11N3O2S/c1-10(7-8-4-9-13-7)5-2-12-3-6(5)11/h4-6,11H,2-3H2,1H3/t5-,6-/m1/s1. The molecule has 0 bridgehead atoms. The summed E-state index contributed by atoms with van der Waals surface area (Å²) in [5.41, 5.74) is 0. The lowest BCUT2D eigenvalue weighted by Gasteiger charge is -2.24. The second-order valence-corrected chi connectivity index (χ2v) is 3.77. The number of hydrogen-bond acceptors (Lipinski definition) is 6. The minimum atomic E-state index is -0.422. The second-order valence-electron chi connectivity index (χ2n) is 3.01. The molecule has 0 aliphatic carbocycles. The molecule has 1 N–H and O–H groups in total. The van der Waals surface area contributed by atoms with Gasteiger partial charge in [-0.1, -0.05) is 0 Å². The first-order chi connectivity index (χ1) is 6.29. The molecule has 13 heavy (non-hydrogen) atoms. The molecule has 2 atom stereocenters. The molecular formula is C7H11N3O2S. The van der Waals surface area contributed by atoms with Gasteiger partial charge in [-0.15, -0.1) is 0 Å². The maximum absolute atomic E-state index is 9.55. The van der Waals surface area contributed by atoms with Gasteiger partial charge in [-0.2, -0.15) is 4.37 Å². The summed E-state index contributed by atoms with van der Waals surface area (Å²) in [7, 11) is 1.89. The summed E-state index contributed by atoms with van der Waals surface area (Å²) in [5.74, 6) is 0. The summed E-state index contributed by atoms with van der Waals surface area (Å²) in [6.45, 7) is 0.963. The Hall–Kier alpha value is -0.720. The first kappa shape index (κ1) is 8.86. The van der Waals surface area contributed by atoms with E-state index in [0.29, 0.717) is 13.2 Å². The monoisotopic (exact) mass is 201 g/mol. The molecule has 0 radical (unpaired) electrons. The summed E-state index contributed by atoms with van der Waals surface area (Å²) in [6, 6.07) is 0.00736. The molecule has 5 nitrogen and oxygen atoms in total. The molecule has 1 aliphatic rings. The Balaban J connectivity index is 2.08. The van der Waals surface area contributed by atoms with Crippen LogP contribution in [-0.4, -0.2) is 46.9 Å². The Labute approximate surface area is 80.1 Å². The first-order valence-electron chi connectivity index (χ1n) is 4.04. The van der Waals surface area contributed by atoms with Gasteiger partial charge in [-0.05, 0) is 0 Å². The van der Waals surface area contributed by atoms with E-state index in [9.17, 15) is 5.11 Å². The van der Waals surface area contributed by atoms with Crippen LogP contribution in [-0.2, 0) is 4.74 Å². The molecule has 6 heteroatoms. The maximum Gasteiger partial charge on any atom is 0.205 e. The molecule has 2 rings (SSSR count). The predicted molar refractivity (Wildman–Crippen MR) is 48.9 cm³/mol. The summed E-state index contributed by atoms with van der Waals surface area (Å²) >= 11 is 1.32. The third kappa shape index (κ3) is 1.65. The quantitative estimate of drug-likeness (QED) is 0.714. The Morgan fingerprint density at radius 2 is 2.54 bits per heavy atom. The van der Waals surface area contributed by atoms with Crippen LogP contribution in [0.3, 0.4) is 0 Å². The molecule has 0 saturated carbocycles. The molecule has 2 heterocycles. The SMILES string of the molecule is CN(c1ncns1)[C@@H]1COC[C@H]1O. The van der Waals surface area contributed by atoms with Crippen LogP contribution in [0.5, 0.6) is 0 Å². The highest BCUT2D eigenvalue weighted by Crippen LogP contribution is 2.20. The van der Waals surface area contributed by atoms with Crippen molar-refractivity contribution in [2.24, 2.45) is 0 Å². The van der Waals surface area contributed by atoms with Gasteiger partial charge in [0.25, 0.3) is 0 Å². The minimum Gasteiger partial charge on any atom is -0.388 e. The lowest BCUT2D eigenvalue weighted by molar-refractivity contribution is 0.124. The Morgan fingerprint density at radius 3 is 3.08 bits per heavy atom. The van der Waals surface area contributed by atoms with E-state index in [2.05, 4.69) is 9.36 Å². The van der Waals surface area contributed by atoms with Gasteiger partial charge in [0.05, 0.1) is 25.4 Å². The van der Waals surface area contributed by atoms with Crippen molar-refractivity contribution in [3.8, 4) is 0 Å². The highest BCUT2D eigenvalue weighted by Gasteiger charge is 2.30. The van der Waals surface area contributed by atoms with Gasteiger partial charge in [-0.3, -0.25) is 0 Å². The van der Waals surface area contributed by atoms with Crippen molar-refractivity contribution in [1.82, 2.24) is 9.36 Å². The fourth-order valence-corrected chi connectivity index (χ4v) is 1.91. The van der Waals surface area contributed by atoms with Crippen LogP contribution < -0.4 is 4.90 Å². The zero-order valence-electron chi connectivity index (χ0n) is 7.25. The minimum absolute atomic E-state index is 0.00736. The van der Waals surface area contributed by atoms with Crippen LogP contribution >= 0.6 is 11.5 Å². The lowest BCUT2D eigenvalue weighted by atomic mass is 10.2. The summed E-state index contributed by atoms with van der Waals surface area (Å²) < 4.78 is 9.06. The van der Waals surface area contributed by atoms with Crippen LogP contribution in [0.2, 0.25) is 0 Å². The van der Waals surface area contributed by atoms with Gasteiger partial charge in [-0.25, -0.2) is 4.98 Å². The van der Waals surface area contributed by atoms with Crippen molar-refractivity contribution in [2.45, 2.75) is 12.1 Å². The van der Waals surface area contributed by atoms with Gasteiger partial charge in [0.15, 0.2) is 0 Å². The van der Waals surface area contributed by atoms with Crippen molar-refractivity contribution in [1.29, 1.82) is 0 Å². The number of aromatic nitrogens is 2. The van der Waals surface area contributed by atoms with Gasteiger partial charge < -0.3 is 14.7 Å². The molecule has 1 aromatic heterocycles. The van der Waals surface area contributed by atoms with E-state index in [1.807, 2.05) is 11.9 Å². The van der Waals surface area contributed by atoms with Crippen molar-refractivity contribution < 1.29 is 9.84 Å². The summed E-state index contributed by atoms with van der Waals surface area (Å²) in [6.07, 6.45) is 1.09. The number of aliphatic hydroxyl groups is 1. The van der Waals surface area contributed by atoms with Crippen molar-refractivity contribution in [2.75, 3.05) is 25.2 Å². The first-order valence-corrected chi connectivity index (χ1v) is 4.81. The van der Waals surface area contributed by atoms with E-state index in [1.54, 1.807) is 0 Å². The average Bonchev–Trinajstić information content (AvgIpc) is 2.72. The van der Waals surface area contributed by atoms with E-state index in [-0.39, 0.29) is 6.04 Å². The van der Waals surface area contributed by atoms with Crippen LogP contribution in [0, 0.1) is 0 Å². The zero-order chi connectivity index (χ0) is 9.26. The van der Waals surface area contributed by atoms with Crippen molar-refractivity contribution >= 4 is 16.7 Å². The van der Waals surface area contributed by atoms with E-state index >= 15 is 0 Å².